The molecule has 7 heteroatoms. The topological polar surface area (TPSA) is 81.7 Å². The maximum atomic E-state index is 10.1. The number of benzene rings is 2. The van der Waals surface area contributed by atoms with E-state index in [0.29, 0.717) is 17.1 Å². The van der Waals surface area contributed by atoms with Crippen LogP contribution < -0.4 is 19.3 Å². The van der Waals surface area contributed by atoms with Crippen LogP contribution in [0, 0.1) is 22.7 Å². The molecule has 0 bridgehead atoms. The minimum Gasteiger partial charge on any atom is -0.496 e. The van der Waals surface area contributed by atoms with Crippen LogP contribution in [0.3, 0.4) is 0 Å². The smallest absolute Gasteiger partial charge is 0.137 e. The van der Waals surface area contributed by atoms with Gasteiger partial charge in [-0.3, -0.25) is 0 Å². The van der Waals surface area contributed by atoms with Crippen LogP contribution in [0.15, 0.2) is 58.1 Å². The molecule has 5 aliphatic rings. The Bertz CT molecular complexity index is 2070. The molecular formula is C48H58N4O3. The molecule has 2 aromatic rings. The third-order valence-electron chi connectivity index (χ3n) is 13.5. The van der Waals surface area contributed by atoms with Gasteiger partial charge in [-0.15, -0.1) is 0 Å². The summed E-state index contributed by atoms with van der Waals surface area (Å²) in [6.07, 6.45) is 12.4. The number of anilines is 2. The number of hydrogen-bond acceptors (Lipinski definition) is 7. The molecule has 2 aromatic carbocycles. The van der Waals surface area contributed by atoms with Crippen molar-refractivity contribution in [2.45, 2.75) is 117 Å². The average Bonchev–Trinajstić information content (AvgIpc) is 3.13. The van der Waals surface area contributed by atoms with E-state index < -0.39 is 0 Å². The molecule has 0 saturated carbocycles. The molecule has 0 aromatic heterocycles. The van der Waals surface area contributed by atoms with Crippen LogP contribution in [0.25, 0.3) is 12.2 Å². The Morgan fingerprint density at radius 3 is 1.33 bits per heavy atom. The van der Waals surface area contributed by atoms with E-state index in [-0.39, 0.29) is 27.2 Å². The molecule has 0 unspecified atom stereocenters. The van der Waals surface area contributed by atoms with Gasteiger partial charge in [-0.1, -0.05) is 55.4 Å². The van der Waals surface area contributed by atoms with Gasteiger partial charge in [0, 0.05) is 76.5 Å². The summed E-state index contributed by atoms with van der Waals surface area (Å²) < 4.78 is 19.3. The Balaban J connectivity index is 1.35. The molecule has 288 valence electrons. The first kappa shape index (κ1) is 38.4. The summed E-state index contributed by atoms with van der Waals surface area (Å²) in [6, 6.07) is 8.92. The maximum absolute atomic E-state index is 10.1. The van der Waals surface area contributed by atoms with Gasteiger partial charge in [0.2, 0.25) is 0 Å². The Labute approximate surface area is 329 Å². The van der Waals surface area contributed by atoms with Crippen molar-refractivity contribution in [2.24, 2.45) is 0 Å². The molecule has 0 atom stereocenters. The quantitative estimate of drug-likeness (QED) is 0.273. The van der Waals surface area contributed by atoms with Gasteiger partial charge >= 0.3 is 0 Å². The highest BCUT2D eigenvalue weighted by atomic mass is 16.5. The van der Waals surface area contributed by atoms with Crippen molar-refractivity contribution in [3.05, 3.63) is 91.5 Å². The van der Waals surface area contributed by atoms with Crippen molar-refractivity contribution >= 4 is 23.5 Å². The van der Waals surface area contributed by atoms with Gasteiger partial charge in [0.05, 0.1) is 14.2 Å². The number of nitriles is 2. The summed E-state index contributed by atoms with van der Waals surface area (Å²) >= 11 is 0. The van der Waals surface area contributed by atoms with Crippen molar-refractivity contribution in [3.63, 3.8) is 0 Å². The zero-order valence-electron chi connectivity index (χ0n) is 35.1. The van der Waals surface area contributed by atoms with Crippen molar-refractivity contribution in [1.29, 1.82) is 10.5 Å². The highest BCUT2D eigenvalue weighted by molar-refractivity contribution is 5.80. The van der Waals surface area contributed by atoms with Gasteiger partial charge in [-0.2, -0.15) is 10.5 Å². The number of rotatable bonds is 6. The molecule has 7 rings (SSSR count). The lowest BCUT2D eigenvalue weighted by molar-refractivity contribution is 0.323. The molecular weight excluding hydrogens is 681 g/mol. The number of hydrogen-bond donors (Lipinski definition) is 0. The summed E-state index contributed by atoms with van der Waals surface area (Å²) in [7, 11) is 3.54. The Morgan fingerprint density at radius 1 is 0.618 bits per heavy atom. The largest absolute Gasteiger partial charge is 0.496 e. The lowest BCUT2D eigenvalue weighted by Gasteiger charge is -2.48. The summed E-state index contributed by atoms with van der Waals surface area (Å²) in [5.74, 6) is 2.95. The number of nitrogens with zero attached hydrogens (tertiary/aromatic N) is 4. The molecule has 0 N–H and O–H groups in total. The third kappa shape index (κ3) is 6.15. The molecule has 55 heavy (non-hydrogen) atoms. The maximum Gasteiger partial charge on any atom is 0.137 e. The fraction of sp³-hybridized carbons (Fsp3) is 0.500. The predicted molar refractivity (Wildman–Crippen MR) is 224 cm³/mol. The van der Waals surface area contributed by atoms with E-state index in [4.69, 9.17) is 14.2 Å². The van der Waals surface area contributed by atoms with E-state index in [0.717, 1.165) is 85.6 Å². The first-order valence-electron chi connectivity index (χ1n) is 19.9. The van der Waals surface area contributed by atoms with E-state index in [1.54, 1.807) is 14.2 Å². The van der Waals surface area contributed by atoms with Gasteiger partial charge in [0.15, 0.2) is 0 Å². The highest BCUT2D eigenvalue weighted by Gasteiger charge is 2.44. The van der Waals surface area contributed by atoms with E-state index in [1.807, 2.05) is 26.0 Å². The Kier molecular flexibility index (Phi) is 9.36. The van der Waals surface area contributed by atoms with Crippen LogP contribution >= 0.6 is 0 Å². The van der Waals surface area contributed by atoms with E-state index in [9.17, 15) is 10.5 Å². The predicted octanol–water partition coefficient (Wildman–Crippen LogP) is 10.7. The van der Waals surface area contributed by atoms with Crippen molar-refractivity contribution in [2.75, 3.05) is 50.2 Å². The van der Waals surface area contributed by atoms with Crippen LogP contribution in [-0.2, 0) is 26.4 Å². The van der Waals surface area contributed by atoms with E-state index in [2.05, 4.69) is 102 Å². The number of methoxy groups -OCH3 is 2. The lowest BCUT2D eigenvalue weighted by Crippen LogP contribution is -2.45. The molecule has 0 saturated heterocycles. The normalized spacial score (nSPS) is 21.5. The molecule has 0 fully saturated rings. The van der Waals surface area contributed by atoms with Crippen LogP contribution in [0.5, 0.6) is 11.5 Å². The zero-order chi connectivity index (χ0) is 39.8. The minimum atomic E-state index is -0.0547. The lowest BCUT2D eigenvalue weighted by atomic mass is 9.68. The number of allylic oxidation sites excluding steroid dienone is 6. The Morgan fingerprint density at radius 2 is 0.982 bits per heavy atom. The summed E-state index contributed by atoms with van der Waals surface area (Å²) in [5, 5.41) is 20.3. The summed E-state index contributed by atoms with van der Waals surface area (Å²) in [6.45, 7) is 26.7. The van der Waals surface area contributed by atoms with Crippen LogP contribution in [0.2, 0.25) is 0 Å². The van der Waals surface area contributed by atoms with E-state index in [1.165, 1.54) is 33.6 Å². The fourth-order valence-corrected chi connectivity index (χ4v) is 9.79. The fourth-order valence-electron chi connectivity index (χ4n) is 9.79. The molecule has 5 aliphatic heterocycles. The van der Waals surface area contributed by atoms with Gasteiger partial charge in [0.1, 0.15) is 40.7 Å². The van der Waals surface area contributed by atoms with Crippen LogP contribution in [0.4, 0.5) is 11.4 Å². The first-order chi connectivity index (χ1) is 25.9. The number of ether oxygens (including phenoxy) is 3. The first-order valence-corrected chi connectivity index (χ1v) is 19.9. The van der Waals surface area contributed by atoms with Gasteiger partial charge in [-0.05, 0) is 109 Å². The highest BCUT2D eigenvalue weighted by Crippen LogP contribution is 2.55. The molecule has 0 amide bonds. The van der Waals surface area contributed by atoms with E-state index >= 15 is 0 Å². The van der Waals surface area contributed by atoms with Crippen molar-refractivity contribution in [1.82, 2.24) is 0 Å². The molecule has 5 heterocycles. The molecule has 0 spiro atoms. The summed E-state index contributed by atoms with van der Waals surface area (Å²) in [4.78, 5) is 5.10. The molecule has 7 nitrogen and oxygen atoms in total. The zero-order valence-corrected chi connectivity index (χ0v) is 35.1. The SMILES string of the molecule is COc1c(C=CC2=C(C)C(=C(C#N)C#N)C(C)=C(C=Cc3cc4c5c(c3OC)C(C)(C)CCN5CCC4(C)C)O2)cc2c3c1C(C)(C)CCN3CCC2(C)C. The second-order valence-corrected chi connectivity index (χ2v) is 18.8. The van der Waals surface area contributed by atoms with Gasteiger partial charge < -0.3 is 24.0 Å². The van der Waals surface area contributed by atoms with Gasteiger partial charge in [0.25, 0.3) is 0 Å². The monoisotopic (exact) mass is 738 g/mol. The second kappa shape index (κ2) is 13.4. The third-order valence-corrected chi connectivity index (χ3v) is 13.5. The van der Waals surface area contributed by atoms with Gasteiger partial charge in [-0.25, -0.2) is 0 Å². The van der Waals surface area contributed by atoms with Crippen molar-refractivity contribution in [3.8, 4) is 23.6 Å². The summed E-state index contributed by atoms with van der Waals surface area (Å²) in [5.41, 5.74) is 12.0. The Hall–Kier alpha value is -4.88. The minimum absolute atomic E-state index is 0.0144. The van der Waals surface area contributed by atoms with Crippen molar-refractivity contribution < 1.29 is 14.2 Å². The average molecular weight is 739 g/mol. The molecule has 0 aliphatic carbocycles. The standard InChI is InChI=1S/C48H58N4O3/c1-29-36(15-13-31-25-34-41-39(43(31)53-11)47(7,8)19-23-51(41)21-17-45(34,3)4)55-37(30(2)38(29)33(27-49)28-50)16-14-32-26-35-42-40(44(32)54-12)48(9,10)20-24-52(42)22-18-46(35,5)6/h13-16,25-26H,17-24H2,1-12H3. The van der Waals surface area contributed by atoms with Crippen LogP contribution in [0.1, 0.15) is 128 Å². The second-order valence-electron chi connectivity index (χ2n) is 18.8. The molecule has 0 radical (unpaired) electrons. The van der Waals surface area contributed by atoms with Crippen LogP contribution in [-0.4, -0.2) is 40.4 Å².